The molecule has 5 heteroatoms. The van der Waals surface area contributed by atoms with Crippen LogP contribution < -0.4 is 11.1 Å². The van der Waals surface area contributed by atoms with E-state index in [9.17, 15) is 4.79 Å². The van der Waals surface area contributed by atoms with E-state index in [0.29, 0.717) is 23.6 Å². The summed E-state index contributed by atoms with van der Waals surface area (Å²) in [4.78, 5) is 12.7. The fraction of sp³-hybridized carbons (Fsp3) is 0.474. The van der Waals surface area contributed by atoms with Crippen molar-refractivity contribution in [3.63, 3.8) is 0 Å². The molecule has 0 saturated heterocycles. The minimum absolute atomic E-state index is 0.0675. The number of amides is 1. The second-order valence-electron chi connectivity index (χ2n) is 7.16. The van der Waals surface area contributed by atoms with Crippen LogP contribution in [0.4, 0.5) is 0 Å². The highest BCUT2D eigenvalue weighted by Gasteiger charge is 2.40. The normalized spacial score (nSPS) is 29.2. The fourth-order valence-corrected chi connectivity index (χ4v) is 4.42. The van der Waals surface area contributed by atoms with Crippen LogP contribution in [0.5, 0.6) is 0 Å². The number of benzene rings is 1. The molecule has 2 fully saturated rings. The molecule has 2 aliphatic rings. The topological polar surface area (TPSA) is 72.9 Å². The molecule has 2 aromatic rings. The average molecular weight is 324 g/mol. The molecule has 2 bridgehead atoms. The van der Waals surface area contributed by atoms with Gasteiger partial charge in [-0.3, -0.25) is 4.79 Å². The van der Waals surface area contributed by atoms with Crippen molar-refractivity contribution in [3.05, 3.63) is 48.3 Å². The van der Waals surface area contributed by atoms with E-state index in [4.69, 9.17) is 5.73 Å². The van der Waals surface area contributed by atoms with Gasteiger partial charge in [0.05, 0.1) is 5.69 Å². The molecule has 2 atom stereocenters. The quantitative estimate of drug-likeness (QED) is 0.911. The second-order valence-corrected chi connectivity index (χ2v) is 7.16. The minimum Gasteiger partial charge on any atom is -0.347 e. The van der Waals surface area contributed by atoms with Crippen molar-refractivity contribution in [3.8, 4) is 5.69 Å². The Morgan fingerprint density at radius 1 is 1.12 bits per heavy atom. The highest BCUT2D eigenvalue weighted by Crippen LogP contribution is 2.39. The van der Waals surface area contributed by atoms with Crippen LogP contribution in [0.2, 0.25) is 0 Å². The van der Waals surface area contributed by atoms with Crippen LogP contribution >= 0.6 is 0 Å². The monoisotopic (exact) mass is 324 g/mol. The van der Waals surface area contributed by atoms with Gasteiger partial charge in [-0.25, -0.2) is 4.68 Å². The molecule has 4 rings (SSSR count). The summed E-state index contributed by atoms with van der Waals surface area (Å²) in [7, 11) is 0. The fourth-order valence-electron chi connectivity index (χ4n) is 4.42. The van der Waals surface area contributed by atoms with E-state index in [2.05, 4.69) is 10.4 Å². The summed E-state index contributed by atoms with van der Waals surface area (Å²) in [5.41, 5.74) is 7.60. The van der Waals surface area contributed by atoms with Crippen LogP contribution in [0.1, 0.15) is 42.6 Å². The number of nitrogens with one attached hydrogen (secondary N) is 1. The number of carbonyl (C=O) groups is 1. The van der Waals surface area contributed by atoms with Gasteiger partial charge in [0.15, 0.2) is 5.69 Å². The summed E-state index contributed by atoms with van der Waals surface area (Å²) in [5, 5.41) is 7.69. The van der Waals surface area contributed by atoms with Gasteiger partial charge in [0.2, 0.25) is 0 Å². The SMILES string of the molecule is NC1CC2CCCC(C1)C2NC(=O)c1ccn(-c2ccccc2)n1. The van der Waals surface area contributed by atoms with E-state index in [-0.39, 0.29) is 11.9 Å². The molecule has 1 aromatic carbocycles. The maximum absolute atomic E-state index is 12.7. The van der Waals surface area contributed by atoms with Crippen LogP contribution in [0, 0.1) is 11.8 Å². The Kier molecular flexibility index (Phi) is 4.10. The van der Waals surface area contributed by atoms with Gasteiger partial charge in [0.1, 0.15) is 0 Å². The van der Waals surface area contributed by atoms with Crippen molar-refractivity contribution >= 4 is 5.91 Å². The standard InChI is InChI=1S/C19H24N4O/c20-15-11-13-5-4-6-14(12-15)18(13)21-19(24)17-9-10-23(22-17)16-7-2-1-3-8-16/h1-3,7-10,13-15,18H,4-6,11-12,20H2,(H,21,24). The Balaban J connectivity index is 1.48. The minimum atomic E-state index is -0.0675. The number of hydrogen-bond acceptors (Lipinski definition) is 3. The molecule has 0 spiro atoms. The van der Waals surface area contributed by atoms with E-state index < -0.39 is 0 Å². The molecule has 1 heterocycles. The van der Waals surface area contributed by atoms with Crippen LogP contribution in [0.3, 0.4) is 0 Å². The van der Waals surface area contributed by atoms with E-state index in [1.165, 1.54) is 19.3 Å². The van der Waals surface area contributed by atoms with E-state index in [0.717, 1.165) is 18.5 Å². The molecular formula is C19H24N4O. The van der Waals surface area contributed by atoms with Gasteiger partial charge in [-0.1, -0.05) is 24.6 Å². The summed E-state index contributed by atoms with van der Waals surface area (Å²) >= 11 is 0. The molecule has 0 aliphatic heterocycles. The van der Waals surface area contributed by atoms with Gasteiger partial charge in [0.25, 0.3) is 5.91 Å². The van der Waals surface area contributed by atoms with Crippen LogP contribution in [0.15, 0.2) is 42.6 Å². The third-order valence-corrected chi connectivity index (χ3v) is 5.52. The highest BCUT2D eigenvalue weighted by atomic mass is 16.2. The Morgan fingerprint density at radius 3 is 2.54 bits per heavy atom. The van der Waals surface area contributed by atoms with Crippen molar-refractivity contribution in [2.24, 2.45) is 17.6 Å². The van der Waals surface area contributed by atoms with E-state index in [1.807, 2.05) is 36.5 Å². The Hall–Kier alpha value is -2.14. The van der Waals surface area contributed by atoms with Crippen molar-refractivity contribution in [1.29, 1.82) is 0 Å². The van der Waals surface area contributed by atoms with Crippen LogP contribution in [-0.4, -0.2) is 27.8 Å². The van der Waals surface area contributed by atoms with Gasteiger partial charge in [-0.05, 0) is 55.7 Å². The first-order valence-corrected chi connectivity index (χ1v) is 8.88. The zero-order chi connectivity index (χ0) is 16.5. The first-order valence-electron chi connectivity index (χ1n) is 8.88. The average Bonchev–Trinajstić information content (AvgIpc) is 3.07. The van der Waals surface area contributed by atoms with Gasteiger partial charge in [-0.15, -0.1) is 0 Å². The number of rotatable bonds is 3. The molecule has 126 valence electrons. The summed E-state index contributed by atoms with van der Waals surface area (Å²) in [6.45, 7) is 0. The molecule has 3 N–H and O–H groups in total. The van der Waals surface area contributed by atoms with Crippen molar-refractivity contribution in [2.45, 2.75) is 44.2 Å². The first kappa shape index (κ1) is 15.4. The molecule has 24 heavy (non-hydrogen) atoms. The van der Waals surface area contributed by atoms with Crippen molar-refractivity contribution in [1.82, 2.24) is 15.1 Å². The number of carbonyl (C=O) groups excluding carboxylic acids is 1. The molecule has 2 saturated carbocycles. The summed E-state index contributed by atoms with van der Waals surface area (Å²) < 4.78 is 1.74. The maximum Gasteiger partial charge on any atom is 0.272 e. The van der Waals surface area contributed by atoms with E-state index >= 15 is 0 Å². The summed E-state index contributed by atoms with van der Waals surface area (Å²) in [6, 6.07) is 12.2. The predicted molar refractivity (Wildman–Crippen MR) is 92.9 cm³/mol. The van der Waals surface area contributed by atoms with Crippen molar-refractivity contribution in [2.75, 3.05) is 0 Å². The zero-order valence-corrected chi connectivity index (χ0v) is 13.8. The lowest BCUT2D eigenvalue weighted by Crippen LogP contribution is -2.53. The Bertz CT molecular complexity index is 697. The largest absolute Gasteiger partial charge is 0.347 e. The Labute approximate surface area is 142 Å². The van der Waals surface area contributed by atoms with Gasteiger partial charge in [-0.2, -0.15) is 5.10 Å². The molecule has 1 amide bonds. The summed E-state index contributed by atoms with van der Waals surface area (Å²) in [5.74, 6) is 0.974. The number of fused-ring (bicyclic) bond motifs is 2. The number of hydrogen-bond donors (Lipinski definition) is 2. The van der Waals surface area contributed by atoms with E-state index in [1.54, 1.807) is 10.7 Å². The van der Waals surface area contributed by atoms with Gasteiger partial charge >= 0.3 is 0 Å². The number of para-hydroxylation sites is 1. The summed E-state index contributed by atoms with van der Waals surface area (Å²) in [6.07, 6.45) is 7.50. The molecular weight excluding hydrogens is 300 g/mol. The first-order chi connectivity index (χ1) is 11.7. The lowest BCUT2D eigenvalue weighted by Gasteiger charge is -2.45. The second kappa shape index (κ2) is 6.40. The lowest BCUT2D eigenvalue weighted by molar-refractivity contribution is 0.0751. The Morgan fingerprint density at radius 2 is 1.83 bits per heavy atom. The third kappa shape index (κ3) is 2.96. The van der Waals surface area contributed by atoms with Gasteiger partial charge < -0.3 is 11.1 Å². The number of aromatic nitrogens is 2. The predicted octanol–water partition coefficient (Wildman–Crippen LogP) is 2.51. The van der Waals surface area contributed by atoms with Crippen LogP contribution in [-0.2, 0) is 0 Å². The number of nitrogens with zero attached hydrogens (tertiary/aromatic N) is 2. The maximum atomic E-state index is 12.7. The molecule has 5 nitrogen and oxygen atoms in total. The van der Waals surface area contributed by atoms with Crippen LogP contribution in [0.25, 0.3) is 5.69 Å². The van der Waals surface area contributed by atoms with Gasteiger partial charge in [0, 0.05) is 18.3 Å². The molecule has 0 radical (unpaired) electrons. The smallest absolute Gasteiger partial charge is 0.272 e. The number of nitrogens with two attached hydrogens (primary N) is 1. The zero-order valence-electron chi connectivity index (χ0n) is 13.8. The highest BCUT2D eigenvalue weighted by molar-refractivity contribution is 5.92. The molecule has 1 aromatic heterocycles. The lowest BCUT2D eigenvalue weighted by atomic mass is 9.67. The third-order valence-electron chi connectivity index (χ3n) is 5.52. The molecule has 2 unspecified atom stereocenters. The van der Waals surface area contributed by atoms with Crippen molar-refractivity contribution < 1.29 is 4.79 Å². The molecule has 2 aliphatic carbocycles.